The molecule has 0 unspecified atom stereocenters. The smallest absolute Gasteiger partial charge is 0.229 e. The van der Waals surface area contributed by atoms with Gasteiger partial charge in [-0.3, -0.25) is 4.90 Å². The van der Waals surface area contributed by atoms with Crippen molar-refractivity contribution in [2.75, 3.05) is 24.5 Å². The van der Waals surface area contributed by atoms with E-state index in [-0.39, 0.29) is 0 Å². The van der Waals surface area contributed by atoms with Crippen LogP contribution in [-0.2, 0) is 6.54 Å². The molecule has 5 nitrogen and oxygen atoms in total. The third-order valence-electron chi connectivity index (χ3n) is 4.90. The molecule has 1 aliphatic rings. The highest BCUT2D eigenvalue weighted by Gasteiger charge is 2.25. The first kappa shape index (κ1) is 16.0. The predicted molar refractivity (Wildman–Crippen MR) is 97.5 cm³/mol. The first-order chi connectivity index (χ1) is 12.2. The van der Waals surface area contributed by atoms with Crippen molar-refractivity contribution in [2.45, 2.75) is 26.4 Å². The topological polar surface area (TPSA) is 45.7 Å². The third kappa shape index (κ3) is 3.33. The number of aryl methyl sites for hydroxylation is 1. The lowest BCUT2D eigenvalue weighted by molar-refractivity contribution is 0.178. The highest BCUT2D eigenvalue weighted by atomic mass is 16.4. The number of aromatic nitrogens is 1. The monoisotopic (exact) mass is 337 g/mol. The molecule has 5 heteroatoms. The van der Waals surface area contributed by atoms with E-state index in [0.29, 0.717) is 11.9 Å². The van der Waals surface area contributed by atoms with E-state index in [2.05, 4.69) is 52.0 Å². The Balaban J connectivity index is 1.44. The Bertz CT molecular complexity index is 811. The molecule has 1 atom stereocenters. The summed E-state index contributed by atoms with van der Waals surface area (Å²) in [6.07, 6.45) is 3.30. The van der Waals surface area contributed by atoms with Gasteiger partial charge < -0.3 is 13.7 Å². The van der Waals surface area contributed by atoms with Crippen LogP contribution in [0.5, 0.6) is 0 Å². The molecular weight excluding hydrogens is 314 g/mol. The Kier molecular flexibility index (Phi) is 4.32. The molecule has 0 bridgehead atoms. The van der Waals surface area contributed by atoms with E-state index < -0.39 is 0 Å². The number of furan rings is 1. The van der Waals surface area contributed by atoms with Gasteiger partial charge in [0.05, 0.1) is 17.5 Å². The maximum atomic E-state index is 5.82. The Morgan fingerprint density at radius 1 is 1.16 bits per heavy atom. The van der Waals surface area contributed by atoms with Crippen LogP contribution in [0.15, 0.2) is 57.8 Å². The Morgan fingerprint density at radius 2 is 2.00 bits per heavy atom. The molecule has 4 rings (SSSR count). The maximum absolute atomic E-state index is 5.82. The van der Waals surface area contributed by atoms with Crippen LogP contribution >= 0.6 is 0 Å². The van der Waals surface area contributed by atoms with Gasteiger partial charge in [-0.15, -0.1) is 0 Å². The van der Waals surface area contributed by atoms with Crippen LogP contribution in [0, 0.1) is 6.92 Å². The predicted octanol–water partition coefficient (Wildman–Crippen LogP) is 3.95. The van der Waals surface area contributed by atoms with Crippen LogP contribution in [0.25, 0.3) is 11.5 Å². The van der Waals surface area contributed by atoms with Crippen molar-refractivity contribution in [1.82, 2.24) is 9.88 Å². The van der Waals surface area contributed by atoms with Crippen LogP contribution in [-0.4, -0.2) is 35.6 Å². The molecule has 3 aromatic rings. The second-order valence-corrected chi connectivity index (χ2v) is 6.63. The number of rotatable bonds is 4. The highest BCUT2D eigenvalue weighted by Crippen LogP contribution is 2.25. The van der Waals surface area contributed by atoms with Gasteiger partial charge in [0.15, 0.2) is 0 Å². The third-order valence-corrected chi connectivity index (χ3v) is 4.90. The zero-order chi connectivity index (χ0) is 17.2. The summed E-state index contributed by atoms with van der Waals surface area (Å²) in [7, 11) is 0. The van der Waals surface area contributed by atoms with Gasteiger partial charge in [0.1, 0.15) is 12.0 Å². The SMILES string of the molecule is Cc1oc(-c2ccoc2)nc1CN1CCN(c2ccccc2)C[C@@H]1C. The van der Waals surface area contributed by atoms with Crippen molar-refractivity contribution in [3.05, 3.63) is 60.4 Å². The second kappa shape index (κ2) is 6.76. The number of benzene rings is 1. The van der Waals surface area contributed by atoms with Crippen molar-refractivity contribution < 1.29 is 8.83 Å². The molecule has 1 aromatic carbocycles. The molecule has 130 valence electrons. The Labute approximate surface area is 147 Å². The molecule has 0 aliphatic carbocycles. The molecule has 25 heavy (non-hydrogen) atoms. The first-order valence-corrected chi connectivity index (χ1v) is 8.73. The van der Waals surface area contributed by atoms with E-state index in [4.69, 9.17) is 8.83 Å². The number of para-hydroxylation sites is 1. The maximum Gasteiger partial charge on any atom is 0.229 e. The van der Waals surface area contributed by atoms with E-state index in [1.165, 1.54) is 5.69 Å². The fourth-order valence-electron chi connectivity index (χ4n) is 3.38. The van der Waals surface area contributed by atoms with Crippen LogP contribution < -0.4 is 4.90 Å². The van der Waals surface area contributed by atoms with Crippen LogP contribution in [0.3, 0.4) is 0 Å². The summed E-state index contributed by atoms with van der Waals surface area (Å²) < 4.78 is 10.9. The molecule has 0 radical (unpaired) electrons. The summed E-state index contributed by atoms with van der Waals surface area (Å²) >= 11 is 0. The lowest BCUT2D eigenvalue weighted by Gasteiger charge is -2.40. The largest absolute Gasteiger partial charge is 0.472 e. The number of anilines is 1. The molecular formula is C20H23N3O2. The second-order valence-electron chi connectivity index (χ2n) is 6.63. The quantitative estimate of drug-likeness (QED) is 0.721. The molecule has 2 aromatic heterocycles. The molecule has 0 amide bonds. The van der Waals surface area contributed by atoms with E-state index in [1.54, 1.807) is 12.5 Å². The summed E-state index contributed by atoms with van der Waals surface area (Å²) in [5.74, 6) is 1.52. The lowest BCUT2D eigenvalue weighted by Crippen LogP contribution is -2.51. The molecule has 0 saturated carbocycles. The minimum atomic E-state index is 0.461. The lowest BCUT2D eigenvalue weighted by atomic mass is 10.1. The Hall–Kier alpha value is -2.53. The van der Waals surface area contributed by atoms with Gasteiger partial charge in [0.2, 0.25) is 5.89 Å². The number of oxazole rings is 1. The fraction of sp³-hybridized carbons (Fsp3) is 0.350. The molecule has 1 fully saturated rings. The zero-order valence-corrected chi connectivity index (χ0v) is 14.7. The van der Waals surface area contributed by atoms with E-state index in [9.17, 15) is 0 Å². The number of piperazine rings is 1. The van der Waals surface area contributed by atoms with Crippen molar-refractivity contribution in [1.29, 1.82) is 0 Å². The van der Waals surface area contributed by atoms with Gasteiger partial charge in [-0.05, 0) is 32.0 Å². The van der Waals surface area contributed by atoms with Crippen LogP contribution in [0.4, 0.5) is 5.69 Å². The van der Waals surface area contributed by atoms with Gasteiger partial charge >= 0.3 is 0 Å². The number of nitrogens with zero attached hydrogens (tertiary/aromatic N) is 3. The van der Waals surface area contributed by atoms with Gasteiger partial charge in [0.25, 0.3) is 0 Å². The summed E-state index contributed by atoms with van der Waals surface area (Å²) in [5.41, 5.74) is 3.20. The van der Waals surface area contributed by atoms with Crippen molar-refractivity contribution >= 4 is 5.69 Å². The normalized spacial score (nSPS) is 18.6. The minimum absolute atomic E-state index is 0.461. The highest BCUT2D eigenvalue weighted by molar-refractivity contribution is 5.51. The number of hydrogen-bond donors (Lipinski definition) is 0. The molecule has 1 saturated heterocycles. The van der Waals surface area contributed by atoms with Gasteiger partial charge in [-0.2, -0.15) is 0 Å². The van der Waals surface area contributed by atoms with Crippen LogP contribution in [0.1, 0.15) is 18.4 Å². The zero-order valence-electron chi connectivity index (χ0n) is 14.7. The van der Waals surface area contributed by atoms with Crippen LogP contribution in [0.2, 0.25) is 0 Å². The molecule has 0 N–H and O–H groups in total. The molecule has 3 heterocycles. The molecule has 1 aliphatic heterocycles. The van der Waals surface area contributed by atoms with E-state index in [0.717, 1.165) is 43.2 Å². The average molecular weight is 337 g/mol. The summed E-state index contributed by atoms with van der Waals surface area (Å²) in [6, 6.07) is 13.0. The van der Waals surface area contributed by atoms with Crippen molar-refractivity contribution in [3.8, 4) is 11.5 Å². The summed E-state index contributed by atoms with van der Waals surface area (Å²) in [4.78, 5) is 9.60. The minimum Gasteiger partial charge on any atom is -0.472 e. The molecule has 0 spiro atoms. The summed E-state index contributed by atoms with van der Waals surface area (Å²) in [6.45, 7) is 8.15. The fourth-order valence-corrected chi connectivity index (χ4v) is 3.38. The number of hydrogen-bond acceptors (Lipinski definition) is 5. The van der Waals surface area contributed by atoms with E-state index in [1.807, 2.05) is 13.0 Å². The van der Waals surface area contributed by atoms with Crippen molar-refractivity contribution in [2.24, 2.45) is 0 Å². The standard InChI is InChI=1S/C20H23N3O2/c1-15-12-23(18-6-4-3-5-7-18)10-9-22(15)13-19-16(2)25-20(21-19)17-8-11-24-14-17/h3-8,11,14-15H,9-10,12-13H2,1-2H3/t15-/m0/s1. The van der Waals surface area contributed by atoms with Gasteiger partial charge in [-0.1, -0.05) is 18.2 Å². The van der Waals surface area contributed by atoms with Crippen molar-refractivity contribution in [3.63, 3.8) is 0 Å². The summed E-state index contributed by atoms with van der Waals surface area (Å²) in [5, 5.41) is 0. The van der Waals surface area contributed by atoms with E-state index >= 15 is 0 Å². The van der Waals surface area contributed by atoms with Gasteiger partial charge in [-0.25, -0.2) is 4.98 Å². The first-order valence-electron chi connectivity index (χ1n) is 8.73. The van der Waals surface area contributed by atoms with Gasteiger partial charge in [0, 0.05) is 37.9 Å². The Morgan fingerprint density at radius 3 is 2.72 bits per heavy atom. The average Bonchev–Trinajstić information content (AvgIpc) is 3.28.